The first-order valence-corrected chi connectivity index (χ1v) is 10.5. The van der Waals surface area contributed by atoms with E-state index in [4.69, 9.17) is 9.47 Å². The average molecular weight is 399 g/mol. The molecule has 0 bridgehead atoms. The van der Waals surface area contributed by atoms with E-state index < -0.39 is 5.60 Å². The number of esters is 1. The maximum atomic E-state index is 13.0. The highest BCUT2D eigenvalue weighted by molar-refractivity contribution is 5.97. The standard InChI is InChI=1S/C26H25NO3/c1-5-27(6-2)18-12-13-21-23(15-18)29-22-14-11-16(3)17(4)24(22)26(21)20-10-8-7-9-19(20)25(28)30-26/h7-15H,5-6H2,1-4H3. The molecule has 0 saturated carbocycles. The lowest BCUT2D eigenvalue weighted by Crippen LogP contribution is -2.34. The molecule has 4 heteroatoms. The lowest BCUT2D eigenvalue weighted by molar-refractivity contribution is 0.0222. The molecule has 4 nitrogen and oxygen atoms in total. The molecule has 0 N–H and O–H groups in total. The van der Waals surface area contributed by atoms with Crippen molar-refractivity contribution in [3.05, 3.63) is 88.0 Å². The summed E-state index contributed by atoms with van der Waals surface area (Å²) in [5, 5.41) is 0. The van der Waals surface area contributed by atoms with Gasteiger partial charge in [-0.2, -0.15) is 0 Å². The van der Waals surface area contributed by atoms with E-state index in [1.54, 1.807) is 0 Å². The van der Waals surface area contributed by atoms with Crippen LogP contribution in [0, 0.1) is 13.8 Å². The molecule has 3 aromatic rings. The highest BCUT2D eigenvalue weighted by Gasteiger charge is 2.54. The molecule has 0 aromatic heterocycles. The molecule has 1 atom stereocenters. The van der Waals surface area contributed by atoms with Crippen LogP contribution in [0.5, 0.6) is 11.5 Å². The number of fused-ring (bicyclic) bond motifs is 6. The van der Waals surface area contributed by atoms with Crippen molar-refractivity contribution in [3.8, 4) is 11.5 Å². The van der Waals surface area contributed by atoms with Crippen molar-refractivity contribution in [1.29, 1.82) is 0 Å². The number of ether oxygens (including phenoxy) is 2. The first-order chi connectivity index (χ1) is 14.5. The molecular weight excluding hydrogens is 374 g/mol. The Morgan fingerprint density at radius 2 is 1.67 bits per heavy atom. The predicted octanol–water partition coefficient (Wildman–Crippen LogP) is 5.72. The Kier molecular flexibility index (Phi) is 4.14. The lowest BCUT2D eigenvalue weighted by atomic mass is 9.75. The van der Waals surface area contributed by atoms with Crippen molar-refractivity contribution in [2.24, 2.45) is 0 Å². The fourth-order valence-corrected chi connectivity index (χ4v) is 4.84. The van der Waals surface area contributed by atoms with Crippen molar-refractivity contribution in [2.45, 2.75) is 33.3 Å². The third-order valence-corrected chi connectivity index (χ3v) is 6.51. The zero-order valence-electron chi connectivity index (χ0n) is 17.8. The number of anilines is 1. The first kappa shape index (κ1) is 18.7. The Morgan fingerprint density at radius 1 is 0.900 bits per heavy atom. The van der Waals surface area contributed by atoms with E-state index in [9.17, 15) is 4.79 Å². The average Bonchev–Trinajstić information content (AvgIpc) is 3.05. The van der Waals surface area contributed by atoms with Crippen molar-refractivity contribution < 1.29 is 14.3 Å². The van der Waals surface area contributed by atoms with Crippen LogP contribution in [0.15, 0.2) is 54.6 Å². The number of hydrogen-bond acceptors (Lipinski definition) is 4. The molecule has 5 rings (SSSR count). The molecule has 0 fully saturated rings. The smallest absolute Gasteiger partial charge is 0.340 e. The summed E-state index contributed by atoms with van der Waals surface area (Å²) < 4.78 is 12.7. The van der Waals surface area contributed by atoms with Gasteiger partial charge in [0, 0.05) is 36.0 Å². The van der Waals surface area contributed by atoms with Crippen molar-refractivity contribution in [2.75, 3.05) is 18.0 Å². The van der Waals surface area contributed by atoms with E-state index in [2.05, 4.69) is 56.9 Å². The maximum Gasteiger partial charge on any atom is 0.340 e. The molecule has 1 unspecified atom stereocenters. The van der Waals surface area contributed by atoms with Crippen LogP contribution in [0.2, 0.25) is 0 Å². The number of rotatable bonds is 3. The number of carbonyl (C=O) groups is 1. The summed E-state index contributed by atoms with van der Waals surface area (Å²) >= 11 is 0. The Hall–Kier alpha value is -3.27. The van der Waals surface area contributed by atoms with Crippen molar-refractivity contribution in [1.82, 2.24) is 0 Å². The number of nitrogens with zero attached hydrogens (tertiary/aromatic N) is 1. The molecule has 3 aromatic carbocycles. The van der Waals surface area contributed by atoms with E-state index in [0.29, 0.717) is 5.56 Å². The Labute approximate surface area is 177 Å². The van der Waals surface area contributed by atoms with Crippen LogP contribution < -0.4 is 9.64 Å². The summed E-state index contributed by atoms with van der Waals surface area (Å²) in [6, 6.07) is 18.0. The van der Waals surface area contributed by atoms with Gasteiger partial charge in [-0.3, -0.25) is 0 Å². The quantitative estimate of drug-likeness (QED) is 0.528. The highest BCUT2D eigenvalue weighted by Crippen LogP contribution is 2.57. The Balaban J connectivity index is 1.84. The van der Waals surface area contributed by atoms with Crippen LogP contribution in [0.4, 0.5) is 5.69 Å². The van der Waals surface area contributed by atoms with Crippen molar-refractivity contribution >= 4 is 11.7 Å². The minimum atomic E-state index is -0.992. The SMILES string of the molecule is CCN(CC)c1ccc2c(c1)Oc1ccc(C)c(C)c1C21OC(=O)c2ccccc21. The molecule has 2 aliphatic rings. The summed E-state index contributed by atoms with van der Waals surface area (Å²) in [6.07, 6.45) is 0. The van der Waals surface area contributed by atoms with Crippen molar-refractivity contribution in [3.63, 3.8) is 0 Å². The molecule has 0 radical (unpaired) electrons. The van der Waals surface area contributed by atoms with E-state index in [1.807, 2.05) is 30.3 Å². The summed E-state index contributed by atoms with van der Waals surface area (Å²) in [7, 11) is 0. The fourth-order valence-electron chi connectivity index (χ4n) is 4.84. The van der Waals surface area contributed by atoms with Crippen LogP contribution in [0.3, 0.4) is 0 Å². The molecule has 2 aliphatic heterocycles. The summed E-state index contributed by atoms with van der Waals surface area (Å²) in [6.45, 7) is 10.2. The van der Waals surface area contributed by atoms with Gasteiger partial charge in [0.15, 0.2) is 5.60 Å². The van der Waals surface area contributed by atoms with E-state index in [1.165, 1.54) is 0 Å². The topological polar surface area (TPSA) is 38.8 Å². The zero-order chi connectivity index (χ0) is 21.0. The molecule has 30 heavy (non-hydrogen) atoms. The van der Waals surface area contributed by atoms with E-state index in [0.717, 1.165) is 58.1 Å². The van der Waals surface area contributed by atoms with Gasteiger partial charge in [-0.15, -0.1) is 0 Å². The normalized spacial score (nSPS) is 18.3. The zero-order valence-corrected chi connectivity index (χ0v) is 17.8. The summed E-state index contributed by atoms with van der Waals surface area (Å²) in [5.41, 5.74) is 5.61. The molecule has 0 amide bonds. The molecule has 0 aliphatic carbocycles. The van der Waals surface area contributed by atoms with Gasteiger partial charge in [-0.25, -0.2) is 4.79 Å². The molecule has 2 heterocycles. The van der Waals surface area contributed by atoms with Gasteiger partial charge in [0.2, 0.25) is 0 Å². The number of benzene rings is 3. The van der Waals surface area contributed by atoms with Gasteiger partial charge < -0.3 is 14.4 Å². The molecule has 1 spiro atoms. The van der Waals surface area contributed by atoms with Crippen LogP contribution in [-0.4, -0.2) is 19.1 Å². The monoisotopic (exact) mass is 399 g/mol. The minimum absolute atomic E-state index is 0.293. The molecule has 152 valence electrons. The van der Waals surface area contributed by atoms with Gasteiger partial charge >= 0.3 is 5.97 Å². The third-order valence-electron chi connectivity index (χ3n) is 6.51. The van der Waals surface area contributed by atoms with Gasteiger partial charge in [-0.05, 0) is 63.1 Å². The molecular formula is C26H25NO3. The predicted molar refractivity (Wildman–Crippen MR) is 118 cm³/mol. The number of hydrogen-bond donors (Lipinski definition) is 0. The van der Waals surface area contributed by atoms with Crippen LogP contribution in [0.1, 0.15) is 52.0 Å². The second-order valence-corrected chi connectivity index (χ2v) is 7.95. The van der Waals surface area contributed by atoms with E-state index in [-0.39, 0.29) is 5.97 Å². The summed E-state index contributed by atoms with van der Waals surface area (Å²) in [5.74, 6) is 1.18. The van der Waals surface area contributed by atoms with E-state index >= 15 is 0 Å². The lowest BCUT2D eigenvalue weighted by Gasteiger charge is -2.38. The van der Waals surface area contributed by atoms with Crippen LogP contribution in [0.25, 0.3) is 0 Å². The fraction of sp³-hybridized carbons (Fsp3) is 0.269. The van der Waals surface area contributed by atoms with Gasteiger partial charge in [0.05, 0.1) is 11.1 Å². The van der Waals surface area contributed by atoms with Crippen LogP contribution in [-0.2, 0) is 10.3 Å². The Morgan fingerprint density at radius 3 is 2.43 bits per heavy atom. The highest BCUT2D eigenvalue weighted by atomic mass is 16.6. The number of aryl methyl sites for hydroxylation is 1. The first-order valence-electron chi connectivity index (χ1n) is 10.5. The largest absolute Gasteiger partial charge is 0.456 e. The second-order valence-electron chi connectivity index (χ2n) is 7.95. The van der Waals surface area contributed by atoms with Gasteiger partial charge in [-0.1, -0.05) is 24.3 Å². The maximum absolute atomic E-state index is 13.0. The summed E-state index contributed by atoms with van der Waals surface area (Å²) in [4.78, 5) is 15.2. The minimum Gasteiger partial charge on any atom is -0.456 e. The van der Waals surface area contributed by atoms with Crippen LogP contribution >= 0.6 is 0 Å². The van der Waals surface area contributed by atoms with Gasteiger partial charge in [0.1, 0.15) is 11.5 Å². The third kappa shape index (κ3) is 2.37. The Bertz CT molecular complexity index is 1180. The second kappa shape index (κ2) is 6.63. The number of carbonyl (C=O) groups excluding carboxylic acids is 1. The van der Waals surface area contributed by atoms with Gasteiger partial charge in [0.25, 0.3) is 0 Å². The molecule has 0 saturated heterocycles.